The van der Waals surface area contributed by atoms with Crippen molar-refractivity contribution in [3.8, 4) is 11.5 Å². The summed E-state index contributed by atoms with van der Waals surface area (Å²) < 4.78 is 10.4. The van der Waals surface area contributed by atoms with Gasteiger partial charge >= 0.3 is 5.97 Å². The van der Waals surface area contributed by atoms with Gasteiger partial charge in [0.15, 0.2) is 0 Å². The highest BCUT2D eigenvalue weighted by molar-refractivity contribution is 5.69. The van der Waals surface area contributed by atoms with Crippen LogP contribution in [0.1, 0.15) is 20.3 Å². The van der Waals surface area contributed by atoms with E-state index in [4.69, 9.17) is 9.47 Å². The lowest BCUT2D eigenvalue weighted by Crippen LogP contribution is -2.02. The summed E-state index contributed by atoms with van der Waals surface area (Å²) in [5.74, 6) is 0.938. The summed E-state index contributed by atoms with van der Waals surface area (Å²) in [6, 6.07) is 6.93. The van der Waals surface area contributed by atoms with Gasteiger partial charge in [0.1, 0.15) is 18.1 Å². The van der Waals surface area contributed by atoms with Gasteiger partial charge in [0.2, 0.25) is 0 Å². The van der Waals surface area contributed by atoms with Gasteiger partial charge in [0.25, 0.3) is 0 Å². The molecule has 1 aromatic carbocycles. The number of hydrogen-bond acceptors (Lipinski definition) is 3. The molecular formula is C13H16O3. The van der Waals surface area contributed by atoms with Crippen LogP contribution in [0.5, 0.6) is 11.5 Å². The van der Waals surface area contributed by atoms with Crippen LogP contribution >= 0.6 is 0 Å². The molecule has 0 unspecified atom stereocenters. The first kappa shape index (κ1) is 12.3. The van der Waals surface area contributed by atoms with Crippen molar-refractivity contribution in [3.05, 3.63) is 36.4 Å². The second kappa shape index (κ2) is 5.95. The highest BCUT2D eigenvalue weighted by Crippen LogP contribution is 2.18. The van der Waals surface area contributed by atoms with Crippen LogP contribution in [0.3, 0.4) is 0 Å². The molecule has 0 heterocycles. The molecule has 1 rings (SSSR count). The molecule has 0 aromatic heterocycles. The maximum absolute atomic E-state index is 10.7. The van der Waals surface area contributed by atoms with Gasteiger partial charge in [-0.25, -0.2) is 0 Å². The van der Waals surface area contributed by atoms with E-state index in [-0.39, 0.29) is 5.97 Å². The fourth-order valence-electron chi connectivity index (χ4n) is 1.06. The third-order valence-corrected chi connectivity index (χ3v) is 2.03. The van der Waals surface area contributed by atoms with E-state index in [0.717, 1.165) is 17.7 Å². The van der Waals surface area contributed by atoms with Gasteiger partial charge in [-0.3, -0.25) is 4.79 Å². The van der Waals surface area contributed by atoms with Crippen molar-refractivity contribution >= 4 is 5.97 Å². The van der Waals surface area contributed by atoms with Gasteiger partial charge in [-0.15, -0.1) is 0 Å². The fourth-order valence-corrected chi connectivity index (χ4v) is 1.06. The molecule has 3 nitrogen and oxygen atoms in total. The van der Waals surface area contributed by atoms with E-state index < -0.39 is 0 Å². The number of benzene rings is 1. The maximum atomic E-state index is 10.7. The first-order valence-electron chi connectivity index (χ1n) is 5.19. The lowest BCUT2D eigenvalue weighted by molar-refractivity contribution is -0.131. The first-order chi connectivity index (χ1) is 7.61. The van der Waals surface area contributed by atoms with E-state index in [9.17, 15) is 4.79 Å². The Labute approximate surface area is 95.7 Å². The summed E-state index contributed by atoms with van der Waals surface area (Å²) in [7, 11) is 0. The SMILES string of the molecule is C=C(CC)COc1ccc(OC(C)=O)cc1. The number of carbonyl (C=O) groups excluding carboxylic acids is 1. The van der Waals surface area contributed by atoms with E-state index in [1.165, 1.54) is 6.92 Å². The summed E-state index contributed by atoms with van der Waals surface area (Å²) in [6.45, 7) is 7.78. The number of esters is 1. The van der Waals surface area contributed by atoms with E-state index in [0.29, 0.717) is 12.4 Å². The van der Waals surface area contributed by atoms with Crippen molar-refractivity contribution in [2.75, 3.05) is 6.61 Å². The van der Waals surface area contributed by atoms with Gasteiger partial charge in [0, 0.05) is 6.92 Å². The molecule has 0 amide bonds. The van der Waals surface area contributed by atoms with Crippen LogP contribution in [0.2, 0.25) is 0 Å². The van der Waals surface area contributed by atoms with E-state index in [1.54, 1.807) is 24.3 Å². The van der Waals surface area contributed by atoms with Gasteiger partial charge < -0.3 is 9.47 Å². The molecular weight excluding hydrogens is 204 g/mol. The molecule has 86 valence electrons. The quantitative estimate of drug-likeness (QED) is 0.435. The summed E-state index contributed by atoms with van der Waals surface area (Å²) >= 11 is 0. The lowest BCUT2D eigenvalue weighted by Gasteiger charge is -2.07. The van der Waals surface area contributed by atoms with E-state index in [2.05, 4.69) is 6.58 Å². The third-order valence-electron chi connectivity index (χ3n) is 2.03. The molecule has 0 radical (unpaired) electrons. The predicted octanol–water partition coefficient (Wildman–Crippen LogP) is 2.96. The number of ether oxygens (including phenoxy) is 2. The number of carbonyl (C=O) groups is 1. The second-order valence-corrected chi connectivity index (χ2v) is 3.46. The molecule has 0 N–H and O–H groups in total. The Bertz CT molecular complexity index is 365. The molecule has 0 saturated heterocycles. The highest BCUT2D eigenvalue weighted by Gasteiger charge is 1.99. The summed E-state index contributed by atoms with van der Waals surface area (Å²) in [5.41, 5.74) is 1.05. The third kappa shape index (κ3) is 4.17. The average molecular weight is 220 g/mol. The van der Waals surface area contributed by atoms with Crippen LogP contribution < -0.4 is 9.47 Å². The molecule has 16 heavy (non-hydrogen) atoms. The van der Waals surface area contributed by atoms with Crippen LogP contribution in [0.15, 0.2) is 36.4 Å². The van der Waals surface area contributed by atoms with Crippen LogP contribution in [0.4, 0.5) is 0 Å². The minimum atomic E-state index is -0.326. The maximum Gasteiger partial charge on any atom is 0.308 e. The molecule has 0 fully saturated rings. The van der Waals surface area contributed by atoms with E-state index in [1.807, 2.05) is 6.92 Å². The smallest absolute Gasteiger partial charge is 0.308 e. The summed E-state index contributed by atoms with van der Waals surface area (Å²) in [4.78, 5) is 10.7. The normalized spacial score (nSPS) is 9.62. The van der Waals surface area contributed by atoms with Gasteiger partial charge in [-0.05, 0) is 36.3 Å². The van der Waals surface area contributed by atoms with E-state index >= 15 is 0 Å². The van der Waals surface area contributed by atoms with Crippen molar-refractivity contribution < 1.29 is 14.3 Å². The zero-order valence-corrected chi connectivity index (χ0v) is 9.66. The molecule has 0 aliphatic heterocycles. The first-order valence-corrected chi connectivity index (χ1v) is 5.19. The predicted molar refractivity (Wildman–Crippen MR) is 62.7 cm³/mol. The highest BCUT2D eigenvalue weighted by atomic mass is 16.5. The Morgan fingerprint density at radius 2 is 1.81 bits per heavy atom. The molecule has 0 aliphatic carbocycles. The minimum Gasteiger partial charge on any atom is -0.489 e. The Balaban J connectivity index is 2.51. The van der Waals surface area contributed by atoms with Gasteiger partial charge in [-0.1, -0.05) is 13.5 Å². The monoisotopic (exact) mass is 220 g/mol. The molecule has 0 spiro atoms. The Hall–Kier alpha value is -1.77. The van der Waals surface area contributed by atoms with Crippen molar-refractivity contribution in [1.82, 2.24) is 0 Å². The topological polar surface area (TPSA) is 35.5 Å². The average Bonchev–Trinajstić information content (AvgIpc) is 2.27. The zero-order chi connectivity index (χ0) is 12.0. The molecule has 1 aromatic rings. The van der Waals surface area contributed by atoms with Crippen molar-refractivity contribution in [3.63, 3.8) is 0 Å². The molecule has 3 heteroatoms. The van der Waals surface area contributed by atoms with Crippen LogP contribution in [-0.2, 0) is 4.79 Å². The van der Waals surface area contributed by atoms with Crippen molar-refractivity contribution in [2.24, 2.45) is 0 Å². The standard InChI is InChI=1S/C13H16O3/c1-4-10(2)9-15-12-5-7-13(8-6-12)16-11(3)14/h5-8H,2,4,9H2,1,3H3. The molecule has 0 atom stereocenters. The van der Waals surface area contributed by atoms with Gasteiger partial charge in [0.05, 0.1) is 0 Å². The molecule has 0 saturated carbocycles. The zero-order valence-electron chi connectivity index (χ0n) is 9.66. The molecule has 0 bridgehead atoms. The van der Waals surface area contributed by atoms with Gasteiger partial charge in [-0.2, -0.15) is 0 Å². The molecule has 0 aliphatic rings. The Morgan fingerprint density at radius 3 is 2.31 bits per heavy atom. The number of hydrogen-bond donors (Lipinski definition) is 0. The summed E-state index contributed by atoms with van der Waals surface area (Å²) in [6.07, 6.45) is 0.908. The fraction of sp³-hybridized carbons (Fsp3) is 0.308. The summed E-state index contributed by atoms with van der Waals surface area (Å²) in [5, 5.41) is 0. The largest absolute Gasteiger partial charge is 0.489 e. The van der Waals surface area contributed by atoms with Crippen LogP contribution in [0, 0.1) is 0 Å². The van der Waals surface area contributed by atoms with Crippen molar-refractivity contribution in [2.45, 2.75) is 20.3 Å². The Kier molecular flexibility index (Phi) is 4.58. The second-order valence-electron chi connectivity index (χ2n) is 3.46. The number of rotatable bonds is 5. The lowest BCUT2D eigenvalue weighted by atomic mass is 10.2. The van der Waals surface area contributed by atoms with Crippen LogP contribution in [-0.4, -0.2) is 12.6 Å². The van der Waals surface area contributed by atoms with Crippen molar-refractivity contribution in [1.29, 1.82) is 0 Å². The van der Waals surface area contributed by atoms with Crippen LogP contribution in [0.25, 0.3) is 0 Å². The Morgan fingerprint density at radius 1 is 1.25 bits per heavy atom. The minimum absolute atomic E-state index is 0.326.